The van der Waals surface area contributed by atoms with E-state index in [1.165, 1.54) is 5.56 Å². The van der Waals surface area contributed by atoms with Gasteiger partial charge in [0.25, 0.3) is 0 Å². The van der Waals surface area contributed by atoms with Crippen LogP contribution < -0.4 is 10.6 Å². The summed E-state index contributed by atoms with van der Waals surface area (Å²) in [5.41, 5.74) is 1.27. The minimum absolute atomic E-state index is 0. The largest absolute Gasteiger partial charge is 0.356 e. The molecule has 142 valence electrons. The van der Waals surface area contributed by atoms with E-state index in [1.54, 1.807) is 7.05 Å². The summed E-state index contributed by atoms with van der Waals surface area (Å²) >= 11 is 0. The van der Waals surface area contributed by atoms with Gasteiger partial charge in [0, 0.05) is 36.2 Å². The molecule has 0 saturated carbocycles. The van der Waals surface area contributed by atoms with Crippen molar-refractivity contribution in [2.45, 2.75) is 24.2 Å². The predicted molar refractivity (Wildman–Crippen MR) is 122 cm³/mol. The molecule has 0 radical (unpaired) electrons. The lowest BCUT2D eigenvalue weighted by atomic mass is 9.85. The molecule has 0 aliphatic carbocycles. The Hall–Kier alpha value is -1.41. The number of hydrogen-bond acceptors (Lipinski definition) is 2. The Labute approximate surface area is 176 Å². The first-order valence-electron chi connectivity index (χ1n) is 8.46. The van der Waals surface area contributed by atoms with Crippen molar-refractivity contribution < 1.29 is 4.21 Å². The second kappa shape index (κ2) is 11.3. The van der Waals surface area contributed by atoms with Crippen molar-refractivity contribution in [1.82, 2.24) is 10.6 Å². The van der Waals surface area contributed by atoms with Gasteiger partial charge in [0.15, 0.2) is 5.96 Å². The summed E-state index contributed by atoms with van der Waals surface area (Å²) in [5, 5.41) is 6.60. The Morgan fingerprint density at radius 2 is 1.58 bits per heavy atom. The molecule has 0 heterocycles. The Morgan fingerprint density at radius 3 is 2.15 bits per heavy atom. The van der Waals surface area contributed by atoms with Crippen molar-refractivity contribution >= 4 is 40.7 Å². The molecule has 0 fully saturated rings. The lowest BCUT2D eigenvalue weighted by Gasteiger charge is -2.26. The van der Waals surface area contributed by atoms with E-state index >= 15 is 0 Å². The summed E-state index contributed by atoms with van der Waals surface area (Å²) in [4.78, 5) is 5.11. The van der Waals surface area contributed by atoms with Crippen LogP contribution in [0.1, 0.15) is 19.4 Å². The standard InChI is InChI=1S/C20H27N3OS.HI/c1-20(2,17-10-6-4-7-11-17)16-23-19(21-3)22-14-15-25(24)18-12-8-5-9-13-18;/h4-13H,14-16H2,1-3H3,(H2,21,22,23);1H. The maximum atomic E-state index is 12.2. The van der Waals surface area contributed by atoms with Crippen LogP contribution >= 0.6 is 24.0 Å². The molecule has 0 amide bonds. The Balaban J connectivity index is 0.00000338. The number of rotatable bonds is 7. The zero-order valence-electron chi connectivity index (χ0n) is 15.6. The highest BCUT2D eigenvalue weighted by Gasteiger charge is 2.20. The van der Waals surface area contributed by atoms with Crippen molar-refractivity contribution in [1.29, 1.82) is 0 Å². The third-order valence-corrected chi connectivity index (χ3v) is 5.44. The van der Waals surface area contributed by atoms with Gasteiger partial charge in [-0.05, 0) is 17.7 Å². The van der Waals surface area contributed by atoms with Gasteiger partial charge >= 0.3 is 0 Å². The van der Waals surface area contributed by atoms with E-state index in [-0.39, 0.29) is 29.4 Å². The lowest BCUT2D eigenvalue weighted by molar-refractivity contribution is 0.509. The second-order valence-corrected chi connectivity index (χ2v) is 8.04. The fraction of sp³-hybridized carbons (Fsp3) is 0.350. The highest BCUT2D eigenvalue weighted by molar-refractivity contribution is 14.0. The molecular weight excluding hydrogens is 457 g/mol. The summed E-state index contributed by atoms with van der Waals surface area (Å²) < 4.78 is 12.2. The number of nitrogens with zero attached hydrogens (tertiary/aromatic N) is 1. The molecular formula is C20H28IN3OS. The number of hydrogen-bond donors (Lipinski definition) is 2. The van der Waals surface area contributed by atoms with Crippen molar-refractivity contribution in [3.63, 3.8) is 0 Å². The van der Waals surface area contributed by atoms with Gasteiger partial charge in [-0.2, -0.15) is 0 Å². The van der Waals surface area contributed by atoms with E-state index < -0.39 is 10.8 Å². The van der Waals surface area contributed by atoms with Crippen molar-refractivity contribution in [2.24, 2.45) is 4.99 Å². The van der Waals surface area contributed by atoms with E-state index in [9.17, 15) is 4.21 Å². The third kappa shape index (κ3) is 7.07. The average molecular weight is 485 g/mol. The number of benzene rings is 2. The molecule has 0 spiro atoms. The van der Waals surface area contributed by atoms with E-state index in [2.05, 4.69) is 53.7 Å². The minimum atomic E-state index is -0.998. The maximum Gasteiger partial charge on any atom is 0.191 e. The van der Waals surface area contributed by atoms with Crippen LogP contribution in [0.25, 0.3) is 0 Å². The molecule has 6 heteroatoms. The van der Waals surface area contributed by atoms with Crippen LogP contribution in [0.3, 0.4) is 0 Å². The fourth-order valence-electron chi connectivity index (χ4n) is 2.47. The van der Waals surface area contributed by atoms with Gasteiger partial charge in [-0.3, -0.25) is 9.20 Å². The van der Waals surface area contributed by atoms with E-state index in [0.29, 0.717) is 12.3 Å². The highest BCUT2D eigenvalue weighted by atomic mass is 127. The third-order valence-electron chi connectivity index (χ3n) is 4.06. The zero-order chi connectivity index (χ0) is 18.1. The Morgan fingerprint density at radius 1 is 1.00 bits per heavy atom. The summed E-state index contributed by atoms with van der Waals surface area (Å²) in [5.74, 6) is 1.28. The van der Waals surface area contributed by atoms with Crippen LogP contribution in [-0.2, 0) is 16.2 Å². The van der Waals surface area contributed by atoms with Crippen molar-refractivity contribution in [3.8, 4) is 0 Å². The number of guanidine groups is 1. The highest BCUT2D eigenvalue weighted by Crippen LogP contribution is 2.21. The molecule has 2 N–H and O–H groups in total. The molecule has 0 aromatic heterocycles. The monoisotopic (exact) mass is 485 g/mol. The van der Waals surface area contributed by atoms with Crippen LogP contribution in [-0.4, -0.2) is 36.1 Å². The smallest absolute Gasteiger partial charge is 0.191 e. The molecule has 0 aliphatic rings. The molecule has 2 aromatic rings. The molecule has 4 nitrogen and oxygen atoms in total. The molecule has 26 heavy (non-hydrogen) atoms. The van der Waals surface area contributed by atoms with Crippen LogP contribution in [0.5, 0.6) is 0 Å². The SMILES string of the molecule is CN=C(NCCS(=O)c1ccccc1)NCC(C)(C)c1ccccc1.I. The minimum Gasteiger partial charge on any atom is -0.356 e. The first-order valence-corrected chi connectivity index (χ1v) is 9.78. The number of halogens is 1. The first kappa shape index (κ1) is 22.6. The van der Waals surface area contributed by atoms with E-state index in [1.807, 2.05) is 36.4 Å². The van der Waals surface area contributed by atoms with Crippen molar-refractivity contribution in [3.05, 3.63) is 66.2 Å². The molecule has 0 bridgehead atoms. The van der Waals surface area contributed by atoms with Gasteiger partial charge in [0.05, 0.1) is 10.8 Å². The fourth-order valence-corrected chi connectivity index (χ4v) is 3.45. The average Bonchev–Trinajstić information content (AvgIpc) is 2.65. The summed E-state index contributed by atoms with van der Waals surface area (Å²) in [6.07, 6.45) is 0. The van der Waals surface area contributed by atoms with Gasteiger partial charge in [0.1, 0.15) is 0 Å². The first-order chi connectivity index (χ1) is 12.0. The quantitative estimate of drug-likeness (QED) is 0.358. The van der Waals surface area contributed by atoms with Crippen LogP contribution in [0.2, 0.25) is 0 Å². The molecule has 2 rings (SSSR count). The molecule has 2 aromatic carbocycles. The molecule has 0 saturated heterocycles. The van der Waals surface area contributed by atoms with Gasteiger partial charge in [-0.25, -0.2) is 0 Å². The van der Waals surface area contributed by atoms with Crippen molar-refractivity contribution in [2.75, 3.05) is 25.9 Å². The predicted octanol–water partition coefficient (Wildman–Crippen LogP) is 3.56. The van der Waals surface area contributed by atoms with Gasteiger partial charge in [-0.15, -0.1) is 24.0 Å². The van der Waals surface area contributed by atoms with Gasteiger partial charge < -0.3 is 10.6 Å². The molecule has 0 aliphatic heterocycles. The Kier molecular flexibility index (Phi) is 9.87. The zero-order valence-corrected chi connectivity index (χ0v) is 18.7. The molecule has 1 unspecified atom stereocenters. The number of nitrogens with one attached hydrogen (secondary N) is 2. The summed E-state index contributed by atoms with van der Waals surface area (Å²) in [6, 6.07) is 20.0. The van der Waals surface area contributed by atoms with Gasteiger partial charge in [-0.1, -0.05) is 62.4 Å². The Bertz CT molecular complexity index is 706. The van der Waals surface area contributed by atoms with E-state index in [0.717, 1.165) is 17.4 Å². The normalized spacial score (nSPS) is 12.8. The topological polar surface area (TPSA) is 53.5 Å². The van der Waals surface area contributed by atoms with E-state index in [4.69, 9.17) is 0 Å². The summed E-state index contributed by atoms with van der Waals surface area (Å²) in [6.45, 7) is 5.77. The molecule has 1 atom stereocenters. The summed E-state index contributed by atoms with van der Waals surface area (Å²) in [7, 11) is 0.751. The number of aliphatic imine (C=N–C) groups is 1. The van der Waals surface area contributed by atoms with Crippen LogP contribution in [0.15, 0.2) is 70.6 Å². The van der Waals surface area contributed by atoms with Crippen LogP contribution in [0, 0.1) is 0 Å². The van der Waals surface area contributed by atoms with Crippen LogP contribution in [0.4, 0.5) is 0 Å². The second-order valence-electron chi connectivity index (χ2n) is 6.47. The lowest BCUT2D eigenvalue weighted by Crippen LogP contribution is -2.44. The van der Waals surface area contributed by atoms with Gasteiger partial charge in [0.2, 0.25) is 0 Å². The maximum absolute atomic E-state index is 12.2.